The second-order valence-electron chi connectivity index (χ2n) is 8.63. The van der Waals surface area contributed by atoms with Crippen LogP contribution >= 0.6 is 0 Å². The lowest BCUT2D eigenvalue weighted by Gasteiger charge is -2.34. The average Bonchev–Trinajstić information content (AvgIpc) is 3.39. The van der Waals surface area contributed by atoms with Gasteiger partial charge < -0.3 is 15.2 Å². The first-order valence-electron chi connectivity index (χ1n) is 10.1. The van der Waals surface area contributed by atoms with Crippen molar-refractivity contribution in [1.82, 2.24) is 10.2 Å². The number of carboxylic acids is 1. The number of benzene rings is 1. The van der Waals surface area contributed by atoms with E-state index in [0.717, 1.165) is 24.2 Å². The molecule has 2 fully saturated rings. The number of carboxylic acid groups (broad SMARTS) is 1. The fourth-order valence-corrected chi connectivity index (χ4v) is 4.75. The number of likely N-dealkylation sites (tertiary alicyclic amines) is 1. The molecule has 3 rings (SSSR count). The van der Waals surface area contributed by atoms with Crippen LogP contribution in [-0.4, -0.2) is 47.1 Å². The molecule has 1 amide bonds. The van der Waals surface area contributed by atoms with Crippen molar-refractivity contribution in [3.8, 4) is 5.75 Å². The molecule has 1 saturated carbocycles. The molecule has 3 atom stereocenters. The number of nitrogens with one attached hydrogen (secondary N) is 1. The predicted octanol–water partition coefficient (Wildman–Crippen LogP) is 3.23. The van der Waals surface area contributed by atoms with Gasteiger partial charge in [-0.2, -0.15) is 0 Å². The first-order chi connectivity index (χ1) is 13.2. The molecule has 2 aliphatic rings. The van der Waals surface area contributed by atoms with Crippen molar-refractivity contribution >= 4 is 11.9 Å². The van der Waals surface area contributed by atoms with Crippen LogP contribution in [-0.2, 0) is 9.59 Å². The fraction of sp³-hybridized carbons (Fsp3) is 0.636. The summed E-state index contributed by atoms with van der Waals surface area (Å²) < 4.78 is 5.25. The highest BCUT2D eigenvalue weighted by molar-refractivity contribution is 5.86. The molecule has 0 radical (unpaired) electrons. The monoisotopic (exact) mass is 388 g/mol. The standard InChI is InChI=1S/C22H32N2O4/c1-6-22(20(26)27)13-17(19(25)23-21(11-12-21)14(2)3)18(24(22)4)15-7-9-16(28-5)10-8-15/h7-10,14,17-18H,6,11-13H2,1-5H3,(H,23,25)(H,26,27)/t17-,18-,22-/m1/s1. The summed E-state index contributed by atoms with van der Waals surface area (Å²) in [6, 6.07) is 7.31. The molecule has 0 spiro atoms. The molecular weight excluding hydrogens is 356 g/mol. The highest BCUT2D eigenvalue weighted by Gasteiger charge is 2.57. The number of likely N-dealkylation sites (N-methyl/N-ethyl adjacent to an activating group) is 1. The molecule has 28 heavy (non-hydrogen) atoms. The van der Waals surface area contributed by atoms with E-state index in [-0.39, 0.29) is 17.5 Å². The molecule has 0 aromatic heterocycles. The quantitative estimate of drug-likeness (QED) is 0.750. The number of hydrogen-bond acceptors (Lipinski definition) is 4. The van der Waals surface area contributed by atoms with Crippen molar-refractivity contribution in [3.05, 3.63) is 29.8 Å². The number of aliphatic carboxylic acids is 1. The Balaban J connectivity index is 1.96. The number of methoxy groups -OCH3 is 1. The molecule has 1 aliphatic carbocycles. The highest BCUT2D eigenvalue weighted by atomic mass is 16.5. The summed E-state index contributed by atoms with van der Waals surface area (Å²) >= 11 is 0. The van der Waals surface area contributed by atoms with E-state index in [1.807, 2.05) is 43.1 Å². The zero-order valence-corrected chi connectivity index (χ0v) is 17.5. The van der Waals surface area contributed by atoms with Crippen molar-refractivity contribution in [1.29, 1.82) is 0 Å². The first kappa shape index (κ1) is 20.6. The van der Waals surface area contributed by atoms with Crippen molar-refractivity contribution in [2.75, 3.05) is 14.2 Å². The smallest absolute Gasteiger partial charge is 0.324 e. The van der Waals surface area contributed by atoms with Gasteiger partial charge >= 0.3 is 5.97 Å². The Morgan fingerprint density at radius 3 is 2.32 bits per heavy atom. The SMILES string of the molecule is CC[C@]1(C(=O)O)C[C@@H](C(=O)NC2(C(C)C)CC2)[C@@H](c2ccc(OC)cc2)N1C. The number of ether oxygens (including phenoxy) is 1. The lowest BCUT2D eigenvalue weighted by Crippen LogP contribution is -2.48. The number of carbonyl (C=O) groups is 2. The fourth-order valence-electron chi connectivity index (χ4n) is 4.75. The third-order valence-corrected chi connectivity index (χ3v) is 7.07. The number of nitrogens with zero attached hydrogens (tertiary/aromatic N) is 1. The van der Waals surface area contributed by atoms with Gasteiger partial charge in [-0.25, -0.2) is 0 Å². The maximum Gasteiger partial charge on any atom is 0.324 e. The van der Waals surface area contributed by atoms with E-state index < -0.39 is 17.4 Å². The van der Waals surface area contributed by atoms with Gasteiger partial charge in [0.15, 0.2) is 0 Å². The second kappa shape index (κ2) is 7.39. The molecule has 0 bridgehead atoms. The Bertz CT molecular complexity index is 741. The van der Waals surface area contributed by atoms with Gasteiger partial charge in [0.25, 0.3) is 0 Å². The Kier molecular flexibility index (Phi) is 5.45. The van der Waals surface area contributed by atoms with Gasteiger partial charge in [0.05, 0.1) is 13.0 Å². The van der Waals surface area contributed by atoms with Crippen LogP contribution in [0.25, 0.3) is 0 Å². The van der Waals surface area contributed by atoms with E-state index >= 15 is 0 Å². The van der Waals surface area contributed by atoms with Gasteiger partial charge in [-0.1, -0.05) is 32.9 Å². The Morgan fingerprint density at radius 2 is 1.89 bits per heavy atom. The lowest BCUT2D eigenvalue weighted by atomic mass is 9.86. The molecule has 0 unspecified atom stereocenters. The normalized spacial score (nSPS) is 28.9. The number of rotatable bonds is 7. The van der Waals surface area contributed by atoms with E-state index in [9.17, 15) is 14.7 Å². The zero-order chi connectivity index (χ0) is 20.7. The van der Waals surface area contributed by atoms with Crippen LogP contribution in [0.4, 0.5) is 0 Å². The maximum absolute atomic E-state index is 13.3. The Labute approximate surface area is 167 Å². The molecule has 2 N–H and O–H groups in total. The number of hydrogen-bond donors (Lipinski definition) is 2. The third-order valence-electron chi connectivity index (χ3n) is 7.07. The molecule has 6 nitrogen and oxygen atoms in total. The molecule has 1 aromatic rings. The van der Waals surface area contributed by atoms with E-state index in [1.54, 1.807) is 7.11 Å². The highest BCUT2D eigenvalue weighted by Crippen LogP contribution is 2.49. The molecule has 1 aromatic carbocycles. The van der Waals surface area contributed by atoms with Crippen LogP contribution < -0.4 is 10.1 Å². The molecule has 1 heterocycles. The Hall–Kier alpha value is -2.08. The van der Waals surface area contributed by atoms with Crippen molar-refractivity contribution in [2.24, 2.45) is 11.8 Å². The summed E-state index contributed by atoms with van der Waals surface area (Å²) in [5.41, 5.74) is -0.225. The van der Waals surface area contributed by atoms with Gasteiger partial charge in [0.1, 0.15) is 11.3 Å². The minimum atomic E-state index is -1.04. The van der Waals surface area contributed by atoms with Crippen LogP contribution in [0, 0.1) is 11.8 Å². The zero-order valence-electron chi connectivity index (χ0n) is 17.5. The summed E-state index contributed by atoms with van der Waals surface area (Å²) in [5.74, 6) is -0.204. The third kappa shape index (κ3) is 3.28. The van der Waals surface area contributed by atoms with Gasteiger partial charge in [-0.3, -0.25) is 14.5 Å². The van der Waals surface area contributed by atoms with E-state index in [1.165, 1.54) is 0 Å². The van der Waals surface area contributed by atoms with E-state index in [0.29, 0.717) is 18.8 Å². The van der Waals surface area contributed by atoms with Crippen LogP contribution in [0.5, 0.6) is 5.75 Å². The van der Waals surface area contributed by atoms with Gasteiger partial charge in [-0.15, -0.1) is 0 Å². The molecule has 1 saturated heterocycles. The minimum absolute atomic E-state index is 0.0320. The van der Waals surface area contributed by atoms with Crippen molar-refractivity contribution < 1.29 is 19.4 Å². The largest absolute Gasteiger partial charge is 0.497 e. The van der Waals surface area contributed by atoms with Crippen molar-refractivity contribution in [2.45, 2.75) is 63.6 Å². The summed E-state index contributed by atoms with van der Waals surface area (Å²) in [7, 11) is 3.44. The van der Waals surface area contributed by atoms with Crippen LogP contribution in [0.15, 0.2) is 24.3 Å². The van der Waals surface area contributed by atoms with E-state index in [2.05, 4.69) is 19.2 Å². The number of amides is 1. The minimum Gasteiger partial charge on any atom is -0.497 e. The summed E-state index contributed by atoms with van der Waals surface area (Å²) in [6.45, 7) is 6.14. The predicted molar refractivity (Wildman–Crippen MR) is 107 cm³/mol. The summed E-state index contributed by atoms with van der Waals surface area (Å²) in [6.07, 6.45) is 2.74. The second-order valence-corrected chi connectivity index (χ2v) is 8.63. The number of carbonyl (C=O) groups excluding carboxylic acids is 1. The van der Waals surface area contributed by atoms with Gasteiger partial charge in [0, 0.05) is 11.6 Å². The summed E-state index contributed by atoms with van der Waals surface area (Å²) in [4.78, 5) is 27.4. The van der Waals surface area contributed by atoms with E-state index in [4.69, 9.17) is 4.74 Å². The topological polar surface area (TPSA) is 78.9 Å². The Morgan fingerprint density at radius 1 is 1.29 bits per heavy atom. The lowest BCUT2D eigenvalue weighted by molar-refractivity contribution is -0.150. The van der Waals surface area contributed by atoms with Gasteiger partial charge in [0.2, 0.25) is 5.91 Å². The molecule has 1 aliphatic heterocycles. The molecule has 6 heteroatoms. The molecule has 154 valence electrons. The van der Waals surface area contributed by atoms with Crippen molar-refractivity contribution in [3.63, 3.8) is 0 Å². The first-order valence-corrected chi connectivity index (χ1v) is 10.1. The van der Waals surface area contributed by atoms with Gasteiger partial charge in [-0.05, 0) is 56.3 Å². The maximum atomic E-state index is 13.3. The van der Waals surface area contributed by atoms with Crippen LogP contribution in [0.3, 0.4) is 0 Å². The summed E-state index contributed by atoms with van der Waals surface area (Å²) in [5, 5.41) is 13.3. The molecular formula is C22H32N2O4. The average molecular weight is 389 g/mol. The van der Waals surface area contributed by atoms with Crippen LogP contribution in [0.2, 0.25) is 0 Å². The van der Waals surface area contributed by atoms with Crippen LogP contribution in [0.1, 0.15) is 58.1 Å².